The lowest BCUT2D eigenvalue weighted by molar-refractivity contribution is -0.131. The number of hydrogen-bond acceptors (Lipinski definition) is 2. The maximum atomic E-state index is 12.4. The highest BCUT2D eigenvalue weighted by atomic mass is 79.9. The molecule has 0 aromatic heterocycles. The van der Waals surface area contributed by atoms with Crippen LogP contribution in [0.4, 0.5) is 0 Å². The van der Waals surface area contributed by atoms with Gasteiger partial charge in [0.25, 0.3) is 0 Å². The lowest BCUT2D eigenvalue weighted by Crippen LogP contribution is -2.39. The van der Waals surface area contributed by atoms with Crippen molar-refractivity contribution >= 4 is 45.8 Å². The molecular weight excluding hydrogens is 387 g/mol. The SMILES string of the molecule is Cl.O=C(CCc1cc(Cl)ccc1Br)N1CCC2CCC(C1)N2. The van der Waals surface area contributed by atoms with E-state index in [1.807, 2.05) is 23.1 Å². The zero-order valence-electron chi connectivity index (χ0n) is 12.4. The predicted molar refractivity (Wildman–Crippen MR) is 95.9 cm³/mol. The first-order valence-electron chi connectivity index (χ1n) is 7.59. The van der Waals surface area contributed by atoms with Gasteiger partial charge in [0, 0.05) is 41.1 Å². The summed E-state index contributed by atoms with van der Waals surface area (Å²) in [5, 5.41) is 4.33. The number of nitrogens with zero attached hydrogens (tertiary/aromatic N) is 1. The average molecular weight is 408 g/mol. The van der Waals surface area contributed by atoms with E-state index in [-0.39, 0.29) is 18.3 Å². The van der Waals surface area contributed by atoms with Gasteiger partial charge in [-0.2, -0.15) is 0 Å². The zero-order chi connectivity index (χ0) is 14.8. The molecule has 2 saturated heterocycles. The highest BCUT2D eigenvalue weighted by Crippen LogP contribution is 2.24. The van der Waals surface area contributed by atoms with Gasteiger partial charge < -0.3 is 10.2 Å². The molecule has 1 amide bonds. The van der Waals surface area contributed by atoms with Gasteiger partial charge in [-0.15, -0.1) is 12.4 Å². The Hall–Kier alpha value is -0.290. The second-order valence-electron chi connectivity index (χ2n) is 6.00. The molecule has 2 aliphatic heterocycles. The number of amides is 1. The van der Waals surface area contributed by atoms with Crippen molar-refractivity contribution in [2.45, 2.75) is 44.2 Å². The summed E-state index contributed by atoms with van der Waals surface area (Å²) in [6.45, 7) is 1.76. The van der Waals surface area contributed by atoms with Gasteiger partial charge in [0.15, 0.2) is 0 Å². The molecule has 3 rings (SSSR count). The van der Waals surface area contributed by atoms with Crippen molar-refractivity contribution in [3.63, 3.8) is 0 Å². The first-order chi connectivity index (χ1) is 10.1. The summed E-state index contributed by atoms with van der Waals surface area (Å²) in [7, 11) is 0. The molecule has 0 aliphatic carbocycles. The lowest BCUT2D eigenvalue weighted by Gasteiger charge is -2.24. The molecule has 2 fully saturated rings. The van der Waals surface area contributed by atoms with E-state index in [4.69, 9.17) is 11.6 Å². The second kappa shape index (κ2) is 8.00. The number of carbonyl (C=O) groups excluding carboxylic acids is 1. The van der Waals surface area contributed by atoms with Gasteiger partial charge in [-0.05, 0) is 49.4 Å². The predicted octanol–water partition coefficient (Wildman–Crippen LogP) is 3.81. The van der Waals surface area contributed by atoms with Crippen LogP contribution in [0.5, 0.6) is 0 Å². The fourth-order valence-corrected chi connectivity index (χ4v) is 3.94. The normalized spacial score (nSPS) is 23.8. The van der Waals surface area contributed by atoms with Crippen LogP contribution in [0.25, 0.3) is 0 Å². The summed E-state index contributed by atoms with van der Waals surface area (Å²) in [5.41, 5.74) is 1.10. The van der Waals surface area contributed by atoms with Crippen LogP contribution in [0.15, 0.2) is 22.7 Å². The van der Waals surface area contributed by atoms with E-state index in [0.717, 1.165) is 41.0 Å². The van der Waals surface area contributed by atoms with Crippen LogP contribution in [-0.4, -0.2) is 36.0 Å². The van der Waals surface area contributed by atoms with Gasteiger partial charge in [-0.25, -0.2) is 0 Å². The Kier molecular flexibility index (Phi) is 6.57. The van der Waals surface area contributed by atoms with Gasteiger partial charge >= 0.3 is 0 Å². The smallest absolute Gasteiger partial charge is 0.222 e. The molecule has 2 unspecified atom stereocenters. The third kappa shape index (κ3) is 4.38. The summed E-state index contributed by atoms with van der Waals surface area (Å²) in [4.78, 5) is 14.5. The monoisotopic (exact) mass is 406 g/mol. The Morgan fingerprint density at radius 1 is 1.32 bits per heavy atom. The molecule has 1 aromatic rings. The molecule has 3 nitrogen and oxygen atoms in total. The molecule has 2 atom stereocenters. The number of benzene rings is 1. The number of carbonyl (C=O) groups is 1. The molecule has 2 heterocycles. The third-order valence-corrected chi connectivity index (χ3v) is 5.50. The minimum atomic E-state index is 0. The van der Waals surface area contributed by atoms with E-state index in [1.54, 1.807) is 0 Å². The molecule has 0 radical (unpaired) electrons. The molecule has 22 heavy (non-hydrogen) atoms. The maximum Gasteiger partial charge on any atom is 0.222 e. The van der Waals surface area contributed by atoms with Crippen LogP contribution in [0.2, 0.25) is 5.02 Å². The van der Waals surface area contributed by atoms with Crippen LogP contribution in [0.3, 0.4) is 0 Å². The van der Waals surface area contributed by atoms with E-state index in [1.165, 1.54) is 12.8 Å². The second-order valence-corrected chi connectivity index (χ2v) is 7.29. The molecule has 2 aliphatic rings. The van der Waals surface area contributed by atoms with Crippen LogP contribution in [0, 0.1) is 0 Å². The van der Waals surface area contributed by atoms with Gasteiger partial charge in [0.05, 0.1) is 0 Å². The number of likely N-dealkylation sites (tertiary alicyclic amines) is 1. The van der Waals surface area contributed by atoms with Crippen molar-refractivity contribution in [1.82, 2.24) is 10.2 Å². The highest BCUT2D eigenvalue weighted by molar-refractivity contribution is 9.10. The number of fused-ring (bicyclic) bond motifs is 2. The van der Waals surface area contributed by atoms with Crippen molar-refractivity contribution in [3.05, 3.63) is 33.3 Å². The van der Waals surface area contributed by atoms with Crippen molar-refractivity contribution in [2.24, 2.45) is 0 Å². The summed E-state index contributed by atoms with van der Waals surface area (Å²) in [6, 6.07) is 6.85. The zero-order valence-corrected chi connectivity index (χ0v) is 15.5. The standard InChI is InChI=1S/C16H20BrClN2O.ClH/c17-15-5-2-12(18)9-11(15)1-6-16(21)20-8-7-13-3-4-14(10-20)19-13;/h2,5,9,13-14,19H,1,3-4,6-8,10H2;1H. The molecule has 1 aromatic carbocycles. The number of nitrogens with one attached hydrogen (secondary N) is 1. The molecule has 0 saturated carbocycles. The summed E-state index contributed by atoms with van der Waals surface area (Å²) < 4.78 is 1.02. The molecule has 1 N–H and O–H groups in total. The third-order valence-electron chi connectivity index (χ3n) is 4.49. The minimum Gasteiger partial charge on any atom is -0.341 e. The lowest BCUT2D eigenvalue weighted by atomic mass is 10.1. The van der Waals surface area contributed by atoms with Gasteiger partial charge in [0.2, 0.25) is 5.91 Å². The van der Waals surface area contributed by atoms with Gasteiger partial charge in [-0.3, -0.25) is 4.79 Å². The highest BCUT2D eigenvalue weighted by Gasteiger charge is 2.30. The molecule has 122 valence electrons. The van der Waals surface area contributed by atoms with Crippen LogP contribution in [0.1, 0.15) is 31.2 Å². The number of aryl methyl sites for hydroxylation is 1. The maximum absolute atomic E-state index is 12.4. The first kappa shape index (κ1) is 18.1. The Balaban J connectivity index is 0.00000176. The van der Waals surface area contributed by atoms with Crippen molar-refractivity contribution in [2.75, 3.05) is 13.1 Å². The van der Waals surface area contributed by atoms with E-state index in [9.17, 15) is 4.79 Å². The van der Waals surface area contributed by atoms with E-state index >= 15 is 0 Å². The summed E-state index contributed by atoms with van der Waals surface area (Å²) in [6.07, 6.45) is 4.84. The fourth-order valence-electron chi connectivity index (χ4n) is 3.30. The Morgan fingerprint density at radius 2 is 2.09 bits per heavy atom. The van der Waals surface area contributed by atoms with Crippen molar-refractivity contribution in [3.8, 4) is 0 Å². The molecular formula is C16H21BrCl2N2O. The van der Waals surface area contributed by atoms with Crippen LogP contribution >= 0.6 is 39.9 Å². The summed E-state index contributed by atoms with van der Waals surface area (Å²) >= 11 is 9.54. The van der Waals surface area contributed by atoms with Gasteiger partial charge in [0.1, 0.15) is 0 Å². The van der Waals surface area contributed by atoms with Crippen molar-refractivity contribution in [1.29, 1.82) is 0 Å². The van der Waals surface area contributed by atoms with E-state index in [2.05, 4.69) is 21.2 Å². The average Bonchev–Trinajstić information content (AvgIpc) is 2.79. The number of halogens is 3. The molecule has 6 heteroatoms. The molecule has 0 spiro atoms. The van der Waals surface area contributed by atoms with E-state index in [0.29, 0.717) is 18.5 Å². The number of rotatable bonds is 3. The van der Waals surface area contributed by atoms with Crippen molar-refractivity contribution < 1.29 is 4.79 Å². The Bertz CT molecular complexity index is 541. The topological polar surface area (TPSA) is 32.3 Å². The van der Waals surface area contributed by atoms with E-state index < -0.39 is 0 Å². The van der Waals surface area contributed by atoms with Crippen LogP contribution in [-0.2, 0) is 11.2 Å². The molecule has 2 bridgehead atoms. The Labute approximate surface area is 151 Å². The summed E-state index contributed by atoms with van der Waals surface area (Å²) in [5.74, 6) is 0.260. The van der Waals surface area contributed by atoms with Crippen LogP contribution < -0.4 is 5.32 Å². The quantitative estimate of drug-likeness (QED) is 0.826. The Morgan fingerprint density at radius 3 is 2.91 bits per heavy atom. The largest absolute Gasteiger partial charge is 0.341 e. The minimum absolute atomic E-state index is 0. The number of hydrogen-bond donors (Lipinski definition) is 1. The van der Waals surface area contributed by atoms with Gasteiger partial charge in [-0.1, -0.05) is 27.5 Å². The fraction of sp³-hybridized carbons (Fsp3) is 0.562. The first-order valence-corrected chi connectivity index (χ1v) is 8.76.